The number of aryl methyl sites for hydroxylation is 1. The predicted octanol–water partition coefficient (Wildman–Crippen LogP) is 2.57. The second-order valence-electron chi connectivity index (χ2n) is 4.38. The molecule has 0 aromatic carbocycles. The van der Waals surface area contributed by atoms with Gasteiger partial charge in [0.2, 0.25) is 10.0 Å². The maximum absolute atomic E-state index is 12.5. The van der Waals surface area contributed by atoms with Gasteiger partial charge in [-0.25, -0.2) is 8.42 Å². The summed E-state index contributed by atoms with van der Waals surface area (Å²) in [6.45, 7) is 6.24. The second kappa shape index (κ2) is 6.08. The molecule has 1 heterocycles. The van der Waals surface area contributed by atoms with Crippen LogP contribution in [0.2, 0.25) is 0 Å². The third-order valence-corrected chi connectivity index (χ3v) is 5.55. The Hall–Kier alpha value is -0.520. The van der Waals surface area contributed by atoms with Gasteiger partial charge < -0.3 is 4.57 Å². The molecule has 0 fully saturated rings. The number of halogens is 1. The fourth-order valence-electron chi connectivity index (χ4n) is 1.91. The Morgan fingerprint density at radius 1 is 1.44 bits per heavy atom. The Labute approximate surface area is 115 Å². The molecule has 6 heteroatoms. The van der Waals surface area contributed by atoms with Crippen molar-refractivity contribution in [3.05, 3.63) is 18.0 Å². The van der Waals surface area contributed by atoms with E-state index < -0.39 is 10.0 Å². The first kappa shape index (κ1) is 15.5. The van der Waals surface area contributed by atoms with E-state index in [0.29, 0.717) is 17.3 Å². The number of aromatic nitrogens is 1. The van der Waals surface area contributed by atoms with Gasteiger partial charge in [0.15, 0.2) is 0 Å². The van der Waals surface area contributed by atoms with E-state index in [1.807, 2.05) is 20.8 Å². The lowest BCUT2D eigenvalue weighted by Crippen LogP contribution is -2.37. The van der Waals surface area contributed by atoms with Gasteiger partial charge in [0, 0.05) is 31.5 Å². The van der Waals surface area contributed by atoms with Crippen molar-refractivity contribution in [3.63, 3.8) is 0 Å². The summed E-state index contributed by atoms with van der Waals surface area (Å²) in [5, 5.41) is 0. The minimum Gasteiger partial charge on any atom is -0.352 e. The molecule has 0 saturated heterocycles. The summed E-state index contributed by atoms with van der Waals surface area (Å²) in [4.78, 5) is 0.322. The van der Waals surface area contributed by atoms with Crippen molar-refractivity contribution in [1.82, 2.24) is 8.87 Å². The average Bonchev–Trinajstić information content (AvgIpc) is 2.71. The maximum atomic E-state index is 12.5. The van der Waals surface area contributed by atoms with Crippen LogP contribution in [0.25, 0.3) is 0 Å². The zero-order chi connectivity index (χ0) is 13.9. The van der Waals surface area contributed by atoms with E-state index >= 15 is 0 Å². The van der Waals surface area contributed by atoms with Crippen LogP contribution in [0.3, 0.4) is 0 Å². The van der Waals surface area contributed by atoms with Crippen molar-refractivity contribution in [3.8, 4) is 0 Å². The molecule has 0 spiro atoms. The first-order chi connectivity index (χ1) is 8.38. The van der Waals surface area contributed by atoms with Crippen LogP contribution in [0.4, 0.5) is 0 Å². The van der Waals surface area contributed by atoms with Gasteiger partial charge in [-0.1, -0.05) is 13.8 Å². The summed E-state index contributed by atoms with van der Waals surface area (Å²) >= 11 is 5.77. The van der Waals surface area contributed by atoms with Crippen molar-refractivity contribution in [2.24, 2.45) is 7.05 Å². The molecule has 4 nitrogen and oxygen atoms in total. The van der Waals surface area contributed by atoms with E-state index in [2.05, 4.69) is 0 Å². The molecule has 1 aromatic rings. The Balaban J connectivity index is 3.18. The summed E-state index contributed by atoms with van der Waals surface area (Å²) < 4.78 is 28.3. The van der Waals surface area contributed by atoms with Crippen molar-refractivity contribution >= 4 is 21.6 Å². The van der Waals surface area contributed by atoms with E-state index in [4.69, 9.17) is 11.6 Å². The molecular formula is C12H21ClN2O2S. The minimum atomic E-state index is -3.42. The van der Waals surface area contributed by atoms with Gasteiger partial charge in [-0.05, 0) is 19.4 Å². The van der Waals surface area contributed by atoms with Gasteiger partial charge in [-0.3, -0.25) is 0 Å². The van der Waals surface area contributed by atoms with E-state index in [1.54, 1.807) is 23.9 Å². The summed E-state index contributed by atoms with van der Waals surface area (Å²) in [5.41, 5.74) is 0.801. The fourth-order valence-corrected chi connectivity index (χ4v) is 3.98. The van der Waals surface area contributed by atoms with E-state index in [1.165, 1.54) is 4.31 Å². The number of alkyl halides is 1. The van der Waals surface area contributed by atoms with Crippen LogP contribution in [0.1, 0.15) is 32.9 Å². The van der Waals surface area contributed by atoms with Crippen LogP contribution in [0.5, 0.6) is 0 Å². The van der Waals surface area contributed by atoms with Crippen LogP contribution in [0, 0.1) is 0 Å². The molecule has 0 radical (unpaired) electrons. The molecule has 1 atom stereocenters. The van der Waals surface area contributed by atoms with Gasteiger partial charge >= 0.3 is 0 Å². The highest BCUT2D eigenvalue weighted by Gasteiger charge is 2.28. The van der Waals surface area contributed by atoms with Crippen LogP contribution in [-0.4, -0.2) is 29.9 Å². The Morgan fingerprint density at radius 2 is 2.06 bits per heavy atom. The van der Waals surface area contributed by atoms with Gasteiger partial charge in [-0.2, -0.15) is 4.31 Å². The molecule has 104 valence electrons. The topological polar surface area (TPSA) is 42.3 Å². The van der Waals surface area contributed by atoms with Gasteiger partial charge in [0.25, 0.3) is 0 Å². The zero-order valence-corrected chi connectivity index (χ0v) is 12.9. The second-order valence-corrected chi connectivity index (χ2v) is 6.54. The normalized spacial score (nSPS) is 14.1. The van der Waals surface area contributed by atoms with E-state index in [0.717, 1.165) is 12.1 Å². The monoisotopic (exact) mass is 292 g/mol. The molecule has 0 saturated carbocycles. The van der Waals surface area contributed by atoms with Crippen LogP contribution in [-0.2, 0) is 23.0 Å². The van der Waals surface area contributed by atoms with Gasteiger partial charge in [0.1, 0.15) is 4.90 Å². The third kappa shape index (κ3) is 2.90. The van der Waals surface area contributed by atoms with Crippen molar-refractivity contribution in [2.75, 3.05) is 6.54 Å². The zero-order valence-electron chi connectivity index (χ0n) is 11.4. The molecule has 0 bridgehead atoms. The summed E-state index contributed by atoms with van der Waals surface area (Å²) in [6.07, 6.45) is 2.42. The number of sulfonamides is 1. The minimum absolute atomic E-state index is 0.000317. The van der Waals surface area contributed by atoms with Crippen LogP contribution < -0.4 is 0 Å². The Kier molecular flexibility index (Phi) is 5.25. The summed E-state index contributed by atoms with van der Waals surface area (Å²) in [7, 11) is -1.62. The summed E-state index contributed by atoms with van der Waals surface area (Å²) in [5.74, 6) is 0.307. The first-order valence-corrected chi connectivity index (χ1v) is 8.08. The molecule has 1 unspecified atom stereocenters. The van der Waals surface area contributed by atoms with Crippen LogP contribution >= 0.6 is 11.6 Å². The third-order valence-electron chi connectivity index (χ3n) is 3.22. The maximum Gasteiger partial charge on any atom is 0.244 e. The molecule has 1 aromatic heterocycles. The largest absolute Gasteiger partial charge is 0.352 e. The fraction of sp³-hybridized carbons (Fsp3) is 0.667. The number of rotatable bonds is 6. The number of hydrogen-bond donors (Lipinski definition) is 0. The standard InChI is InChI=1S/C12H21ClN2O2S/c1-5-10(3)15(6-2)18(16,17)12-7-11(8-13)14(4)9-12/h7,9-10H,5-6,8H2,1-4H3. The molecule has 1 rings (SSSR count). The SMILES string of the molecule is CCC(C)N(CC)S(=O)(=O)c1cc(CCl)n(C)c1. The number of hydrogen-bond acceptors (Lipinski definition) is 2. The lowest BCUT2D eigenvalue weighted by atomic mass is 10.3. The highest BCUT2D eigenvalue weighted by molar-refractivity contribution is 7.89. The van der Waals surface area contributed by atoms with Gasteiger partial charge in [0.05, 0.1) is 5.88 Å². The van der Waals surface area contributed by atoms with E-state index in [9.17, 15) is 8.42 Å². The lowest BCUT2D eigenvalue weighted by Gasteiger charge is -2.25. The first-order valence-electron chi connectivity index (χ1n) is 6.11. The molecule has 18 heavy (non-hydrogen) atoms. The smallest absolute Gasteiger partial charge is 0.244 e. The predicted molar refractivity (Wildman–Crippen MR) is 74.3 cm³/mol. The van der Waals surface area contributed by atoms with E-state index in [-0.39, 0.29) is 6.04 Å². The Bertz CT molecular complexity index is 496. The van der Waals surface area contributed by atoms with Crippen molar-refractivity contribution < 1.29 is 8.42 Å². The molecule has 0 amide bonds. The van der Waals surface area contributed by atoms with Crippen LogP contribution in [0.15, 0.2) is 17.2 Å². The summed E-state index contributed by atoms with van der Waals surface area (Å²) in [6, 6.07) is 1.65. The molecule has 0 aliphatic rings. The van der Waals surface area contributed by atoms with Crippen molar-refractivity contribution in [2.45, 2.75) is 44.0 Å². The lowest BCUT2D eigenvalue weighted by molar-refractivity contribution is 0.342. The Morgan fingerprint density at radius 3 is 2.44 bits per heavy atom. The van der Waals surface area contributed by atoms with Gasteiger partial charge in [-0.15, -0.1) is 11.6 Å². The highest BCUT2D eigenvalue weighted by Crippen LogP contribution is 2.22. The quantitative estimate of drug-likeness (QED) is 0.756. The molecule has 0 N–H and O–H groups in total. The molecule has 0 aliphatic carbocycles. The average molecular weight is 293 g/mol. The molecular weight excluding hydrogens is 272 g/mol. The molecule has 0 aliphatic heterocycles. The highest BCUT2D eigenvalue weighted by atomic mass is 35.5. The number of nitrogens with zero attached hydrogens (tertiary/aromatic N) is 2. The van der Waals surface area contributed by atoms with Crippen molar-refractivity contribution in [1.29, 1.82) is 0 Å².